The zero-order valence-corrected chi connectivity index (χ0v) is 9.45. The largest absolute Gasteiger partial charge is 0.375 e. The lowest BCUT2D eigenvalue weighted by atomic mass is 10.1. The molecular formula is C12H18N2O2. The topological polar surface area (TPSA) is 41.6 Å². The van der Waals surface area contributed by atoms with Crippen molar-refractivity contribution in [3.63, 3.8) is 0 Å². The number of hydrogen-bond donors (Lipinski definition) is 1. The smallest absolute Gasteiger partial charge is 0.234 e. The summed E-state index contributed by atoms with van der Waals surface area (Å²) in [5.74, 6) is 2.43. The van der Waals surface area contributed by atoms with Crippen LogP contribution in [-0.2, 0) is 9.53 Å². The molecule has 0 spiro atoms. The Labute approximate surface area is 96.3 Å². The molecule has 88 valence electrons. The summed E-state index contributed by atoms with van der Waals surface area (Å²) in [6, 6.07) is 0.435. The molecule has 2 atom stereocenters. The van der Waals surface area contributed by atoms with Crippen molar-refractivity contribution in [1.82, 2.24) is 10.2 Å². The van der Waals surface area contributed by atoms with Gasteiger partial charge in [-0.05, 0) is 19.3 Å². The fourth-order valence-corrected chi connectivity index (χ4v) is 2.59. The first kappa shape index (κ1) is 11.4. The summed E-state index contributed by atoms with van der Waals surface area (Å²) in [5, 5.41) is 2.70. The lowest BCUT2D eigenvalue weighted by molar-refractivity contribution is -0.126. The lowest BCUT2D eigenvalue weighted by Gasteiger charge is -2.37. The predicted molar refractivity (Wildman–Crippen MR) is 60.8 cm³/mol. The van der Waals surface area contributed by atoms with E-state index in [1.54, 1.807) is 0 Å². The standard InChI is InChI=1S/C12H18N2O2/c1-2-6-13-12(15)9-14-7-8-16-11-5-3-4-10(11)14/h1,10-11H,3-9H2,(H,13,15). The van der Waals surface area contributed by atoms with Crippen molar-refractivity contribution in [2.75, 3.05) is 26.2 Å². The highest BCUT2D eigenvalue weighted by Crippen LogP contribution is 2.29. The zero-order chi connectivity index (χ0) is 11.4. The Bertz CT molecular complexity index is 298. The fraction of sp³-hybridized carbons (Fsp3) is 0.750. The molecule has 16 heavy (non-hydrogen) atoms. The highest BCUT2D eigenvalue weighted by molar-refractivity contribution is 5.78. The van der Waals surface area contributed by atoms with Gasteiger partial charge in [-0.15, -0.1) is 6.42 Å². The van der Waals surface area contributed by atoms with Crippen molar-refractivity contribution >= 4 is 5.91 Å². The van der Waals surface area contributed by atoms with Crippen LogP contribution < -0.4 is 5.32 Å². The first-order chi connectivity index (χ1) is 7.81. The van der Waals surface area contributed by atoms with Gasteiger partial charge in [0.2, 0.25) is 5.91 Å². The molecule has 4 heteroatoms. The highest BCUT2D eigenvalue weighted by Gasteiger charge is 2.36. The third-order valence-corrected chi connectivity index (χ3v) is 3.33. The number of amides is 1. The Balaban J connectivity index is 1.84. The van der Waals surface area contributed by atoms with Gasteiger partial charge in [-0.1, -0.05) is 5.92 Å². The monoisotopic (exact) mass is 222 g/mol. The number of carbonyl (C=O) groups is 1. The first-order valence-corrected chi connectivity index (χ1v) is 5.87. The molecule has 2 unspecified atom stereocenters. The minimum atomic E-state index is 0.0190. The second-order valence-corrected chi connectivity index (χ2v) is 4.36. The van der Waals surface area contributed by atoms with E-state index in [0.29, 0.717) is 25.2 Å². The van der Waals surface area contributed by atoms with Gasteiger partial charge in [-0.3, -0.25) is 9.69 Å². The molecule has 0 aromatic heterocycles. The number of nitrogens with zero attached hydrogens (tertiary/aromatic N) is 1. The van der Waals surface area contributed by atoms with Crippen LogP contribution in [0.2, 0.25) is 0 Å². The molecule has 2 aliphatic rings. The Morgan fingerprint density at radius 3 is 3.25 bits per heavy atom. The van der Waals surface area contributed by atoms with Gasteiger partial charge in [0.15, 0.2) is 0 Å². The molecule has 1 aliphatic heterocycles. The van der Waals surface area contributed by atoms with Crippen molar-refractivity contribution in [2.45, 2.75) is 31.4 Å². The molecule has 0 radical (unpaired) electrons. The maximum absolute atomic E-state index is 11.6. The SMILES string of the molecule is C#CCNC(=O)CN1CCOC2CCCC21. The van der Waals surface area contributed by atoms with Gasteiger partial charge in [0, 0.05) is 12.6 Å². The molecule has 2 rings (SSSR count). The van der Waals surface area contributed by atoms with Crippen LogP contribution in [0.3, 0.4) is 0 Å². The van der Waals surface area contributed by atoms with E-state index < -0.39 is 0 Å². The number of fused-ring (bicyclic) bond motifs is 1. The van der Waals surface area contributed by atoms with Crippen molar-refractivity contribution in [3.05, 3.63) is 0 Å². The van der Waals surface area contributed by atoms with E-state index in [4.69, 9.17) is 11.2 Å². The molecular weight excluding hydrogens is 204 g/mol. The summed E-state index contributed by atoms with van der Waals surface area (Å²) in [5.41, 5.74) is 0. The Morgan fingerprint density at radius 2 is 2.44 bits per heavy atom. The van der Waals surface area contributed by atoms with E-state index in [2.05, 4.69) is 16.1 Å². The number of rotatable bonds is 3. The molecule has 1 saturated carbocycles. The van der Waals surface area contributed by atoms with Crippen molar-refractivity contribution in [1.29, 1.82) is 0 Å². The third kappa shape index (κ3) is 2.55. The van der Waals surface area contributed by atoms with Gasteiger partial charge >= 0.3 is 0 Å². The number of hydrogen-bond acceptors (Lipinski definition) is 3. The summed E-state index contributed by atoms with van der Waals surface area (Å²) < 4.78 is 5.69. The predicted octanol–water partition coefficient (Wildman–Crippen LogP) is -0.0109. The maximum atomic E-state index is 11.6. The van der Waals surface area contributed by atoms with E-state index in [9.17, 15) is 4.79 Å². The van der Waals surface area contributed by atoms with E-state index in [0.717, 1.165) is 26.0 Å². The molecule has 1 heterocycles. The third-order valence-electron chi connectivity index (χ3n) is 3.33. The first-order valence-electron chi connectivity index (χ1n) is 5.87. The van der Waals surface area contributed by atoms with Gasteiger partial charge in [0.05, 0.1) is 25.8 Å². The van der Waals surface area contributed by atoms with Crippen LogP contribution in [0.5, 0.6) is 0 Å². The normalized spacial score (nSPS) is 29.4. The molecule has 1 saturated heterocycles. The second kappa shape index (κ2) is 5.33. The van der Waals surface area contributed by atoms with Crippen LogP contribution in [0.15, 0.2) is 0 Å². The van der Waals surface area contributed by atoms with Gasteiger partial charge in [-0.2, -0.15) is 0 Å². The van der Waals surface area contributed by atoms with E-state index in [-0.39, 0.29) is 5.91 Å². The highest BCUT2D eigenvalue weighted by atomic mass is 16.5. The summed E-state index contributed by atoms with van der Waals surface area (Å²) in [7, 11) is 0. The van der Waals surface area contributed by atoms with Crippen LogP contribution in [0, 0.1) is 12.3 Å². The maximum Gasteiger partial charge on any atom is 0.234 e. The molecule has 1 aliphatic carbocycles. The average Bonchev–Trinajstić information content (AvgIpc) is 2.75. The Hall–Kier alpha value is -1.05. The summed E-state index contributed by atoms with van der Waals surface area (Å²) in [6.45, 7) is 2.36. The minimum Gasteiger partial charge on any atom is -0.375 e. The number of terminal acetylenes is 1. The molecule has 0 aromatic carbocycles. The quantitative estimate of drug-likeness (QED) is 0.683. The molecule has 0 bridgehead atoms. The summed E-state index contributed by atoms with van der Waals surface area (Å²) in [6.07, 6.45) is 8.92. The molecule has 1 N–H and O–H groups in total. The number of carbonyl (C=O) groups excluding carboxylic acids is 1. The number of ether oxygens (including phenoxy) is 1. The van der Waals surface area contributed by atoms with Gasteiger partial charge in [0.25, 0.3) is 0 Å². The van der Waals surface area contributed by atoms with Crippen molar-refractivity contribution in [2.24, 2.45) is 0 Å². The lowest BCUT2D eigenvalue weighted by Crippen LogP contribution is -2.51. The van der Waals surface area contributed by atoms with Crippen LogP contribution in [0.1, 0.15) is 19.3 Å². The zero-order valence-electron chi connectivity index (χ0n) is 9.45. The molecule has 2 fully saturated rings. The fourth-order valence-electron chi connectivity index (χ4n) is 2.59. The Kier molecular flexibility index (Phi) is 3.81. The van der Waals surface area contributed by atoms with Crippen LogP contribution in [0.4, 0.5) is 0 Å². The van der Waals surface area contributed by atoms with Crippen LogP contribution in [0.25, 0.3) is 0 Å². The summed E-state index contributed by atoms with van der Waals surface area (Å²) in [4.78, 5) is 13.8. The second-order valence-electron chi connectivity index (χ2n) is 4.36. The van der Waals surface area contributed by atoms with Gasteiger partial charge in [-0.25, -0.2) is 0 Å². The average molecular weight is 222 g/mol. The number of nitrogens with one attached hydrogen (secondary N) is 1. The van der Waals surface area contributed by atoms with Gasteiger partial charge < -0.3 is 10.1 Å². The Morgan fingerprint density at radius 1 is 1.56 bits per heavy atom. The number of morpholine rings is 1. The molecule has 0 aromatic rings. The van der Waals surface area contributed by atoms with Crippen LogP contribution >= 0.6 is 0 Å². The minimum absolute atomic E-state index is 0.0190. The van der Waals surface area contributed by atoms with E-state index in [1.165, 1.54) is 6.42 Å². The van der Waals surface area contributed by atoms with Crippen molar-refractivity contribution < 1.29 is 9.53 Å². The van der Waals surface area contributed by atoms with Gasteiger partial charge in [0.1, 0.15) is 0 Å². The van der Waals surface area contributed by atoms with Crippen molar-refractivity contribution in [3.8, 4) is 12.3 Å². The van der Waals surface area contributed by atoms with E-state index in [1.807, 2.05) is 0 Å². The van der Waals surface area contributed by atoms with E-state index >= 15 is 0 Å². The molecule has 1 amide bonds. The van der Waals surface area contributed by atoms with Crippen LogP contribution in [-0.4, -0.2) is 49.2 Å². The molecule has 4 nitrogen and oxygen atoms in total. The summed E-state index contributed by atoms with van der Waals surface area (Å²) >= 11 is 0.